The molecule has 0 atom stereocenters. The van der Waals surface area contributed by atoms with Gasteiger partial charge >= 0.3 is 0 Å². The topological polar surface area (TPSA) is 53.2 Å². The highest BCUT2D eigenvalue weighted by molar-refractivity contribution is 7.80. The predicted molar refractivity (Wildman–Crippen MR) is 65.0 cm³/mol. The van der Waals surface area contributed by atoms with Gasteiger partial charge in [0.15, 0.2) is 5.11 Å². The predicted octanol–water partition coefficient (Wildman–Crippen LogP) is 1.94. The molecule has 1 aromatic rings. The van der Waals surface area contributed by atoms with Gasteiger partial charge in [0, 0.05) is 0 Å². The number of hydrazine groups is 1. The zero-order valence-electron chi connectivity index (χ0n) is 7.38. The van der Waals surface area contributed by atoms with Crippen molar-refractivity contribution in [3.63, 3.8) is 0 Å². The molecule has 0 bridgehead atoms. The van der Waals surface area contributed by atoms with Crippen molar-refractivity contribution >= 4 is 52.6 Å². The molecule has 80 valence electrons. The van der Waals surface area contributed by atoms with Crippen LogP contribution in [0.25, 0.3) is 0 Å². The Kier molecular flexibility index (Phi) is 4.61. The molecule has 1 amide bonds. The first-order valence-electron chi connectivity index (χ1n) is 3.85. The molecule has 15 heavy (non-hydrogen) atoms. The van der Waals surface area contributed by atoms with E-state index in [2.05, 4.69) is 16.2 Å². The number of thiocarbonyl (C=S) groups is 1. The van der Waals surface area contributed by atoms with Gasteiger partial charge in [-0.3, -0.25) is 15.6 Å². The quantitative estimate of drug-likeness (QED) is 0.443. The van der Waals surface area contributed by atoms with Crippen LogP contribution in [0, 0.1) is 0 Å². The summed E-state index contributed by atoms with van der Waals surface area (Å²) in [6.45, 7) is 0. The number of anilines is 1. The van der Waals surface area contributed by atoms with Crippen molar-refractivity contribution in [2.45, 2.75) is 0 Å². The minimum Gasteiger partial charge on any atom is -0.330 e. The lowest BCUT2D eigenvalue weighted by Gasteiger charge is -2.10. The van der Waals surface area contributed by atoms with Gasteiger partial charge in [0.05, 0.1) is 15.7 Å². The lowest BCUT2D eigenvalue weighted by Crippen LogP contribution is -2.39. The van der Waals surface area contributed by atoms with E-state index in [1.807, 2.05) is 0 Å². The fourth-order valence-electron chi connectivity index (χ4n) is 0.849. The summed E-state index contributed by atoms with van der Waals surface area (Å²) in [5.41, 5.74) is 5.18. The molecular weight excluding hydrogens is 257 g/mol. The molecule has 0 radical (unpaired) electrons. The molecule has 0 saturated heterocycles. The molecule has 0 aliphatic rings. The van der Waals surface area contributed by atoms with Crippen molar-refractivity contribution in [3.05, 3.63) is 28.2 Å². The van der Waals surface area contributed by atoms with E-state index in [0.29, 0.717) is 22.1 Å². The summed E-state index contributed by atoms with van der Waals surface area (Å²) in [7, 11) is 0. The summed E-state index contributed by atoms with van der Waals surface area (Å²) < 4.78 is 0. The van der Waals surface area contributed by atoms with Gasteiger partial charge in [0.1, 0.15) is 0 Å². The van der Waals surface area contributed by atoms with Crippen molar-refractivity contribution in [2.24, 2.45) is 0 Å². The van der Waals surface area contributed by atoms with Crippen LogP contribution < -0.4 is 16.2 Å². The maximum Gasteiger partial charge on any atom is 0.225 e. The van der Waals surface area contributed by atoms with Crippen LogP contribution in [0.2, 0.25) is 10.0 Å². The van der Waals surface area contributed by atoms with E-state index in [-0.39, 0.29) is 5.11 Å². The van der Waals surface area contributed by atoms with Crippen LogP contribution in [0.1, 0.15) is 0 Å². The molecule has 0 aliphatic heterocycles. The van der Waals surface area contributed by atoms with Crippen LogP contribution in [-0.4, -0.2) is 11.5 Å². The second-order valence-electron chi connectivity index (χ2n) is 2.44. The molecule has 0 aromatic heterocycles. The van der Waals surface area contributed by atoms with Crippen LogP contribution >= 0.6 is 35.4 Å². The first kappa shape index (κ1) is 12.0. The molecule has 0 spiro atoms. The van der Waals surface area contributed by atoms with E-state index in [1.165, 1.54) is 0 Å². The van der Waals surface area contributed by atoms with Gasteiger partial charge in [-0.1, -0.05) is 29.3 Å². The fraction of sp³-hybridized carbons (Fsp3) is 0. The lowest BCUT2D eigenvalue weighted by molar-refractivity contribution is -0.110. The Balaban J connectivity index is 2.68. The summed E-state index contributed by atoms with van der Waals surface area (Å²) in [6, 6.07) is 5.10. The standard InChI is InChI=1S/C8H7Cl2N3OS/c9-5-2-1-3-6(7(5)10)12-8(15)13-11-4-14/h1-4H,(H,11,14)(H2,12,13,15). The largest absolute Gasteiger partial charge is 0.330 e. The van der Waals surface area contributed by atoms with Crippen LogP contribution in [0.3, 0.4) is 0 Å². The Bertz CT molecular complexity index is 386. The molecule has 3 N–H and O–H groups in total. The van der Waals surface area contributed by atoms with Crippen molar-refractivity contribution < 1.29 is 4.79 Å². The smallest absolute Gasteiger partial charge is 0.225 e. The zero-order valence-corrected chi connectivity index (χ0v) is 9.71. The summed E-state index contributed by atoms with van der Waals surface area (Å²) >= 11 is 16.6. The number of benzene rings is 1. The van der Waals surface area contributed by atoms with Crippen LogP contribution in [0.15, 0.2) is 18.2 Å². The van der Waals surface area contributed by atoms with E-state index >= 15 is 0 Å². The van der Waals surface area contributed by atoms with E-state index < -0.39 is 0 Å². The molecule has 0 saturated carbocycles. The average Bonchev–Trinajstić information content (AvgIpc) is 2.22. The number of nitrogens with one attached hydrogen (secondary N) is 3. The number of rotatable bonds is 3. The maximum absolute atomic E-state index is 9.97. The number of carbonyl (C=O) groups is 1. The molecule has 7 heteroatoms. The number of halogens is 2. The van der Waals surface area contributed by atoms with E-state index in [1.54, 1.807) is 18.2 Å². The Labute approximate surface area is 102 Å². The number of carbonyl (C=O) groups excluding carboxylic acids is 1. The van der Waals surface area contributed by atoms with Crippen LogP contribution in [0.5, 0.6) is 0 Å². The van der Waals surface area contributed by atoms with E-state index in [4.69, 9.17) is 35.4 Å². The van der Waals surface area contributed by atoms with Gasteiger partial charge in [0.2, 0.25) is 6.41 Å². The van der Waals surface area contributed by atoms with Gasteiger partial charge in [-0.05, 0) is 24.4 Å². The minimum absolute atomic E-state index is 0.214. The Hall–Kier alpha value is -1.04. The van der Waals surface area contributed by atoms with Crippen molar-refractivity contribution in [2.75, 3.05) is 5.32 Å². The van der Waals surface area contributed by atoms with Gasteiger partial charge < -0.3 is 5.32 Å². The van der Waals surface area contributed by atoms with Crippen LogP contribution in [0.4, 0.5) is 5.69 Å². The van der Waals surface area contributed by atoms with E-state index in [9.17, 15) is 4.79 Å². The molecule has 0 fully saturated rings. The third-order valence-electron chi connectivity index (χ3n) is 1.44. The summed E-state index contributed by atoms with van der Waals surface area (Å²) in [6.07, 6.45) is 0.466. The Morgan fingerprint density at radius 2 is 2.13 bits per heavy atom. The second kappa shape index (κ2) is 5.75. The third kappa shape index (κ3) is 3.54. The zero-order chi connectivity index (χ0) is 11.3. The molecule has 1 aromatic carbocycles. The number of hydrogen-bond acceptors (Lipinski definition) is 2. The van der Waals surface area contributed by atoms with Crippen molar-refractivity contribution in [1.29, 1.82) is 0 Å². The normalized spacial score (nSPS) is 9.20. The molecule has 0 unspecified atom stereocenters. The summed E-state index contributed by atoms with van der Waals surface area (Å²) in [5.74, 6) is 0. The van der Waals surface area contributed by atoms with Gasteiger partial charge in [-0.2, -0.15) is 0 Å². The van der Waals surface area contributed by atoms with Crippen LogP contribution in [-0.2, 0) is 4.79 Å². The molecular formula is C8H7Cl2N3OS. The highest BCUT2D eigenvalue weighted by Crippen LogP contribution is 2.29. The van der Waals surface area contributed by atoms with E-state index in [0.717, 1.165) is 0 Å². The number of hydrogen-bond donors (Lipinski definition) is 3. The monoisotopic (exact) mass is 263 g/mol. The molecule has 0 heterocycles. The fourth-order valence-corrected chi connectivity index (χ4v) is 1.37. The van der Waals surface area contributed by atoms with Gasteiger partial charge in [-0.25, -0.2) is 0 Å². The Morgan fingerprint density at radius 1 is 1.40 bits per heavy atom. The lowest BCUT2D eigenvalue weighted by atomic mass is 10.3. The first-order valence-corrected chi connectivity index (χ1v) is 5.01. The SMILES string of the molecule is O=CNNC(=S)Nc1cccc(Cl)c1Cl. The highest BCUT2D eigenvalue weighted by atomic mass is 35.5. The Morgan fingerprint density at radius 3 is 2.80 bits per heavy atom. The average molecular weight is 264 g/mol. The minimum atomic E-state index is 0.214. The maximum atomic E-state index is 9.97. The van der Waals surface area contributed by atoms with Crippen molar-refractivity contribution in [3.8, 4) is 0 Å². The van der Waals surface area contributed by atoms with Gasteiger partial charge in [0.25, 0.3) is 0 Å². The molecule has 4 nitrogen and oxygen atoms in total. The number of amides is 1. The second-order valence-corrected chi connectivity index (χ2v) is 3.64. The first-order chi connectivity index (χ1) is 7.15. The van der Waals surface area contributed by atoms with Crippen molar-refractivity contribution in [1.82, 2.24) is 10.9 Å². The molecule has 0 aliphatic carbocycles. The van der Waals surface area contributed by atoms with Gasteiger partial charge in [-0.15, -0.1) is 0 Å². The highest BCUT2D eigenvalue weighted by Gasteiger charge is 2.04. The third-order valence-corrected chi connectivity index (χ3v) is 2.47. The summed E-state index contributed by atoms with van der Waals surface area (Å²) in [4.78, 5) is 9.97. The molecule has 1 rings (SSSR count). The summed E-state index contributed by atoms with van der Waals surface area (Å²) in [5, 5.41) is 3.78.